The maximum atomic E-state index is 12.3. The minimum absolute atomic E-state index is 0.130. The summed E-state index contributed by atoms with van der Waals surface area (Å²) in [5, 5.41) is 0. The predicted molar refractivity (Wildman–Crippen MR) is 80.1 cm³/mol. The summed E-state index contributed by atoms with van der Waals surface area (Å²) in [6, 6.07) is 4.78. The maximum absolute atomic E-state index is 12.3. The smallest absolute Gasteiger partial charge is 0.240 e. The van der Waals surface area contributed by atoms with Crippen molar-refractivity contribution >= 4 is 10.0 Å². The lowest BCUT2D eigenvalue weighted by atomic mass is 10.3. The van der Waals surface area contributed by atoms with Gasteiger partial charge in [0.25, 0.3) is 0 Å². The fourth-order valence-electron chi connectivity index (χ4n) is 2.33. The van der Waals surface area contributed by atoms with Gasteiger partial charge in [-0.05, 0) is 32.1 Å². The fourth-order valence-corrected chi connectivity index (χ4v) is 3.47. The molecule has 0 fully saturated rings. The van der Waals surface area contributed by atoms with Crippen LogP contribution in [0.2, 0.25) is 0 Å². The Labute approximate surface area is 126 Å². The SMILES string of the molecule is CCN(CC)[C@H](C)CNS(=O)(=O)c1ccc2c(c1)OCO2. The van der Waals surface area contributed by atoms with E-state index in [9.17, 15) is 8.42 Å². The van der Waals surface area contributed by atoms with Crippen molar-refractivity contribution in [2.24, 2.45) is 0 Å². The second-order valence-corrected chi connectivity index (χ2v) is 6.70. The fraction of sp³-hybridized carbons (Fsp3) is 0.571. The Morgan fingerprint density at radius 3 is 2.57 bits per heavy atom. The van der Waals surface area contributed by atoms with E-state index in [-0.39, 0.29) is 17.7 Å². The van der Waals surface area contributed by atoms with Crippen LogP contribution in [0.4, 0.5) is 0 Å². The Kier molecular flexibility index (Phi) is 5.08. The minimum atomic E-state index is -3.54. The van der Waals surface area contributed by atoms with E-state index >= 15 is 0 Å². The molecule has 0 saturated carbocycles. The van der Waals surface area contributed by atoms with Gasteiger partial charge in [0, 0.05) is 18.7 Å². The molecule has 0 aliphatic carbocycles. The summed E-state index contributed by atoms with van der Waals surface area (Å²) in [6.07, 6.45) is 0. The third-order valence-corrected chi connectivity index (χ3v) is 5.08. The summed E-state index contributed by atoms with van der Waals surface area (Å²) in [7, 11) is -3.54. The van der Waals surface area contributed by atoms with Gasteiger partial charge in [0.05, 0.1) is 4.90 Å². The number of rotatable bonds is 7. The molecule has 7 heteroatoms. The van der Waals surface area contributed by atoms with Gasteiger partial charge >= 0.3 is 0 Å². The van der Waals surface area contributed by atoms with Gasteiger partial charge in [-0.15, -0.1) is 0 Å². The van der Waals surface area contributed by atoms with Gasteiger partial charge in [-0.1, -0.05) is 13.8 Å². The highest BCUT2D eigenvalue weighted by Gasteiger charge is 2.21. The summed E-state index contributed by atoms with van der Waals surface area (Å²) >= 11 is 0. The molecule has 2 rings (SSSR count). The first-order chi connectivity index (χ1) is 9.97. The number of nitrogens with zero attached hydrogens (tertiary/aromatic N) is 1. The molecule has 1 aromatic carbocycles. The second-order valence-electron chi connectivity index (χ2n) is 4.94. The average Bonchev–Trinajstić information content (AvgIpc) is 2.94. The first-order valence-corrected chi connectivity index (χ1v) is 8.59. The van der Waals surface area contributed by atoms with Crippen molar-refractivity contribution in [3.05, 3.63) is 18.2 Å². The number of fused-ring (bicyclic) bond motifs is 1. The molecule has 0 amide bonds. The molecule has 118 valence electrons. The average molecular weight is 314 g/mol. The van der Waals surface area contributed by atoms with Crippen LogP contribution in [0.5, 0.6) is 11.5 Å². The summed E-state index contributed by atoms with van der Waals surface area (Å²) in [6.45, 7) is 8.42. The maximum Gasteiger partial charge on any atom is 0.240 e. The van der Waals surface area contributed by atoms with Gasteiger partial charge < -0.3 is 9.47 Å². The summed E-state index contributed by atoms with van der Waals surface area (Å²) < 4.78 is 37.7. The van der Waals surface area contributed by atoms with Crippen molar-refractivity contribution in [2.45, 2.75) is 31.7 Å². The van der Waals surface area contributed by atoms with E-state index in [1.165, 1.54) is 12.1 Å². The van der Waals surface area contributed by atoms with E-state index < -0.39 is 10.0 Å². The lowest BCUT2D eigenvalue weighted by Gasteiger charge is -2.26. The summed E-state index contributed by atoms with van der Waals surface area (Å²) in [5.41, 5.74) is 0. The Hall–Kier alpha value is -1.31. The lowest BCUT2D eigenvalue weighted by Crippen LogP contribution is -2.41. The van der Waals surface area contributed by atoms with Crippen LogP contribution in [0.1, 0.15) is 20.8 Å². The summed E-state index contributed by atoms with van der Waals surface area (Å²) in [4.78, 5) is 2.39. The third-order valence-electron chi connectivity index (χ3n) is 3.66. The Balaban J connectivity index is 2.05. The van der Waals surface area contributed by atoms with Crippen LogP contribution in [-0.2, 0) is 10.0 Å². The highest BCUT2D eigenvalue weighted by atomic mass is 32.2. The molecule has 21 heavy (non-hydrogen) atoms. The minimum Gasteiger partial charge on any atom is -0.454 e. The standard InChI is InChI=1S/C14H22N2O4S/c1-4-16(5-2)11(3)9-15-21(17,18)12-6-7-13-14(8-12)20-10-19-13/h6-8,11,15H,4-5,9-10H2,1-3H3/t11-/m1/s1. The Morgan fingerprint density at radius 1 is 1.24 bits per heavy atom. The Bertz CT molecular complexity index is 585. The quantitative estimate of drug-likeness (QED) is 0.824. The molecule has 1 aliphatic rings. The van der Waals surface area contributed by atoms with E-state index in [4.69, 9.17) is 9.47 Å². The molecule has 1 aliphatic heterocycles. The number of nitrogens with one attached hydrogen (secondary N) is 1. The lowest BCUT2D eigenvalue weighted by molar-refractivity contribution is 0.174. The first-order valence-electron chi connectivity index (χ1n) is 7.11. The van der Waals surface area contributed by atoms with Gasteiger partial charge in [-0.25, -0.2) is 13.1 Å². The van der Waals surface area contributed by atoms with Crippen molar-refractivity contribution in [3.8, 4) is 11.5 Å². The van der Waals surface area contributed by atoms with Crippen molar-refractivity contribution in [3.63, 3.8) is 0 Å². The zero-order chi connectivity index (χ0) is 15.5. The molecule has 1 heterocycles. The van der Waals surface area contributed by atoms with Gasteiger partial charge in [-0.2, -0.15) is 0 Å². The molecule has 0 spiro atoms. The molecular formula is C14H22N2O4S. The number of sulfonamides is 1. The van der Waals surface area contributed by atoms with E-state index in [1.54, 1.807) is 6.07 Å². The molecular weight excluding hydrogens is 292 g/mol. The van der Waals surface area contributed by atoms with Gasteiger partial charge in [0.15, 0.2) is 11.5 Å². The number of ether oxygens (including phenoxy) is 2. The van der Waals surface area contributed by atoms with Crippen molar-refractivity contribution in [1.82, 2.24) is 9.62 Å². The van der Waals surface area contributed by atoms with Crippen molar-refractivity contribution in [2.75, 3.05) is 26.4 Å². The number of likely N-dealkylation sites (N-methyl/N-ethyl adjacent to an activating group) is 1. The molecule has 1 atom stereocenters. The van der Waals surface area contributed by atoms with Gasteiger partial charge in [-0.3, -0.25) is 4.90 Å². The monoisotopic (exact) mass is 314 g/mol. The van der Waals surface area contributed by atoms with Gasteiger partial charge in [0.1, 0.15) is 0 Å². The third kappa shape index (κ3) is 3.66. The van der Waals surface area contributed by atoms with Crippen LogP contribution in [0, 0.1) is 0 Å². The topological polar surface area (TPSA) is 67.9 Å². The molecule has 1 aromatic rings. The van der Waals surface area contributed by atoms with E-state index in [0.717, 1.165) is 13.1 Å². The van der Waals surface area contributed by atoms with E-state index in [0.29, 0.717) is 18.0 Å². The van der Waals surface area contributed by atoms with Crippen LogP contribution in [0.25, 0.3) is 0 Å². The zero-order valence-electron chi connectivity index (χ0n) is 12.6. The zero-order valence-corrected chi connectivity index (χ0v) is 13.4. The molecule has 0 saturated heterocycles. The van der Waals surface area contributed by atoms with Crippen LogP contribution >= 0.6 is 0 Å². The van der Waals surface area contributed by atoms with Gasteiger partial charge in [0.2, 0.25) is 16.8 Å². The normalized spacial score (nSPS) is 15.4. The van der Waals surface area contributed by atoms with Crippen LogP contribution in [-0.4, -0.2) is 45.8 Å². The molecule has 0 unspecified atom stereocenters. The number of hydrogen-bond acceptors (Lipinski definition) is 5. The first kappa shape index (κ1) is 16.1. The highest BCUT2D eigenvalue weighted by Crippen LogP contribution is 2.33. The van der Waals surface area contributed by atoms with Crippen molar-refractivity contribution in [1.29, 1.82) is 0 Å². The van der Waals surface area contributed by atoms with Crippen LogP contribution < -0.4 is 14.2 Å². The molecule has 6 nitrogen and oxygen atoms in total. The van der Waals surface area contributed by atoms with E-state index in [1.807, 2.05) is 6.92 Å². The molecule has 0 radical (unpaired) electrons. The second kappa shape index (κ2) is 6.64. The number of benzene rings is 1. The van der Waals surface area contributed by atoms with E-state index in [2.05, 4.69) is 23.5 Å². The molecule has 0 aromatic heterocycles. The highest BCUT2D eigenvalue weighted by molar-refractivity contribution is 7.89. The van der Waals surface area contributed by atoms with Crippen molar-refractivity contribution < 1.29 is 17.9 Å². The summed E-state index contributed by atoms with van der Waals surface area (Å²) in [5.74, 6) is 1.04. The van der Waals surface area contributed by atoms with Crippen LogP contribution in [0.3, 0.4) is 0 Å². The predicted octanol–water partition coefficient (Wildman–Crippen LogP) is 1.42. The molecule has 1 N–H and O–H groups in total. The van der Waals surface area contributed by atoms with Crippen LogP contribution in [0.15, 0.2) is 23.1 Å². The Morgan fingerprint density at radius 2 is 1.90 bits per heavy atom. The number of hydrogen-bond donors (Lipinski definition) is 1. The largest absolute Gasteiger partial charge is 0.454 e. The molecule has 0 bridgehead atoms.